The Labute approximate surface area is 154 Å². The van der Waals surface area contributed by atoms with Crippen LogP contribution in [-0.2, 0) is 11.8 Å². The fraction of sp³-hybridized carbons (Fsp3) is 0.111. The molecule has 0 saturated carbocycles. The van der Waals surface area contributed by atoms with Gasteiger partial charge in [-0.1, -0.05) is 54.2 Å². The zero-order valence-corrected chi connectivity index (χ0v) is 14.8. The lowest BCUT2D eigenvalue weighted by Gasteiger charge is -2.03. The molecule has 1 heterocycles. The smallest absolute Gasteiger partial charge is 0.250 e. The molecule has 0 saturated heterocycles. The predicted molar refractivity (Wildman–Crippen MR) is 101 cm³/mol. The summed E-state index contributed by atoms with van der Waals surface area (Å²) in [7, 11) is 1.86. The van der Waals surface area contributed by atoms with Gasteiger partial charge in [-0.25, -0.2) is 5.43 Å². The fourth-order valence-electron chi connectivity index (χ4n) is 2.21. The number of thioether (sulfide) groups is 1. The van der Waals surface area contributed by atoms with Crippen molar-refractivity contribution in [2.75, 3.05) is 5.75 Å². The fourth-order valence-corrected chi connectivity index (χ4v) is 2.92. The van der Waals surface area contributed by atoms with Gasteiger partial charge in [0.1, 0.15) is 5.75 Å². The van der Waals surface area contributed by atoms with Crippen LogP contribution in [0.5, 0.6) is 5.75 Å². The van der Waals surface area contributed by atoms with Crippen molar-refractivity contribution >= 4 is 23.9 Å². The first-order valence-electron chi connectivity index (χ1n) is 7.82. The highest BCUT2D eigenvalue weighted by atomic mass is 32.2. The molecule has 8 heteroatoms. The third kappa shape index (κ3) is 4.28. The second-order valence-corrected chi connectivity index (χ2v) is 6.31. The Morgan fingerprint density at radius 3 is 2.69 bits per heavy atom. The molecule has 132 valence electrons. The average molecular weight is 367 g/mol. The lowest BCUT2D eigenvalue weighted by molar-refractivity contribution is -0.118. The Hall–Kier alpha value is -3.13. The van der Waals surface area contributed by atoms with E-state index in [1.54, 1.807) is 24.3 Å². The van der Waals surface area contributed by atoms with Gasteiger partial charge in [0.05, 0.1) is 12.0 Å². The molecule has 0 atom stereocenters. The average Bonchev–Trinajstić information content (AvgIpc) is 3.03. The van der Waals surface area contributed by atoms with Crippen LogP contribution in [0.1, 0.15) is 5.56 Å². The van der Waals surface area contributed by atoms with Crippen molar-refractivity contribution in [2.45, 2.75) is 5.16 Å². The van der Waals surface area contributed by atoms with Crippen LogP contribution >= 0.6 is 11.8 Å². The van der Waals surface area contributed by atoms with Gasteiger partial charge >= 0.3 is 0 Å². The van der Waals surface area contributed by atoms with E-state index in [-0.39, 0.29) is 17.4 Å². The zero-order valence-electron chi connectivity index (χ0n) is 14.0. The molecular weight excluding hydrogens is 350 g/mol. The number of aromatic hydroxyl groups is 1. The highest BCUT2D eigenvalue weighted by Gasteiger charge is 2.12. The number of carbonyl (C=O) groups is 1. The Bertz CT molecular complexity index is 924. The van der Waals surface area contributed by atoms with Crippen molar-refractivity contribution in [1.29, 1.82) is 0 Å². The van der Waals surface area contributed by atoms with Crippen LogP contribution in [0, 0.1) is 0 Å². The van der Waals surface area contributed by atoms with Crippen molar-refractivity contribution in [3.8, 4) is 17.1 Å². The molecule has 0 aliphatic carbocycles. The summed E-state index contributed by atoms with van der Waals surface area (Å²) in [6.45, 7) is 0. The summed E-state index contributed by atoms with van der Waals surface area (Å²) in [6.07, 6.45) is 1.40. The minimum absolute atomic E-state index is 0.104. The first-order valence-corrected chi connectivity index (χ1v) is 8.81. The van der Waals surface area contributed by atoms with Gasteiger partial charge in [0.15, 0.2) is 11.0 Å². The second kappa shape index (κ2) is 8.30. The summed E-state index contributed by atoms with van der Waals surface area (Å²) in [6, 6.07) is 16.5. The number of hydrogen-bond acceptors (Lipinski definition) is 6. The molecule has 0 aliphatic heterocycles. The third-order valence-electron chi connectivity index (χ3n) is 3.53. The maximum Gasteiger partial charge on any atom is 0.250 e. The maximum atomic E-state index is 11.9. The quantitative estimate of drug-likeness (QED) is 0.397. The van der Waals surface area contributed by atoms with Crippen LogP contribution in [0.2, 0.25) is 0 Å². The largest absolute Gasteiger partial charge is 0.507 e. The van der Waals surface area contributed by atoms with Crippen LogP contribution < -0.4 is 5.43 Å². The van der Waals surface area contributed by atoms with E-state index >= 15 is 0 Å². The molecular formula is C18H17N5O2S. The number of aromatic nitrogens is 3. The number of rotatable bonds is 6. The first kappa shape index (κ1) is 17.7. The van der Waals surface area contributed by atoms with E-state index in [4.69, 9.17) is 0 Å². The second-order valence-electron chi connectivity index (χ2n) is 5.37. The van der Waals surface area contributed by atoms with Gasteiger partial charge in [-0.3, -0.25) is 4.79 Å². The van der Waals surface area contributed by atoms with E-state index in [0.29, 0.717) is 10.7 Å². The minimum atomic E-state index is -0.272. The molecule has 1 aromatic heterocycles. The maximum absolute atomic E-state index is 11.9. The van der Waals surface area contributed by atoms with Crippen molar-refractivity contribution in [2.24, 2.45) is 12.1 Å². The van der Waals surface area contributed by atoms with Gasteiger partial charge in [0.2, 0.25) is 0 Å². The summed E-state index contributed by atoms with van der Waals surface area (Å²) in [5.41, 5.74) is 3.92. The molecule has 2 N–H and O–H groups in total. The summed E-state index contributed by atoms with van der Waals surface area (Å²) in [5, 5.41) is 22.4. The summed E-state index contributed by atoms with van der Waals surface area (Å²) < 4.78 is 1.85. The number of amides is 1. The zero-order chi connectivity index (χ0) is 18.4. The van der Waals surface area contributed by atoms with E-state index in [9.17, 15) is 9.90 Å². The minimum Gasteiger partial charge on any atom is -0.507 e. The number of hydrazone groups is 1. The monoisotopic (exact) mass is 367 g/mol. The predicted octanol–water partition coefficient (Wildman–Crippen LogP) is 2.43. The molecule has 3 aromatic rings. The molecule has 3 rings (SSSR count). The number of para-hydroxylation sites is 1. The molecule has 0 aliphatic rings. The number of hydrogen-bond donors (Lipinski definition) is 2. The van der Waals surface area contributed by atoms with E-state index in [1.165, 1.54) is 18.0 Å². The van der Waals surface area contributed by atoms with E-state index in [1.807, 2.05) is 41.9 Å². The Morgan fingerprint density at radius 2 is 1.92 bits per heavy atom. The lowest BCUT2D eigenvalue weighted by Crippen LogP contribution is -2.19. The van der Waals surface area contributed by atoms with Gasteiger partial charge in [-0.2, -0.15) is 5.10 Å². The molecule has 1 amide bonds. The van der Waals surface area contributed by atoms with Crippen LogP contribution in [-0.4, -0.2) is 37.7 Å². The van der Waals surface area contributed by atoms with Gasteiger partial charge < -0.3 is 9.67 Å². The van der Waals surface area contributed by atoms with Gasteiger partial charge in [-0.15, -0.1) is 10.2 Å². The van der Waals surface area contributed by atoms with Crippen LogP contribution in [0.4, 0.5) is 0 Å². The molecule has 0 fully saturated rings. The van der Waals surface area contributed by atoms with Gasteiger partial charge in [-0.05, 0) is 12.1 Å². The Kier molecular flexibility index (Phi) is 5.65. The normalized spacial score (nSPS) is 11.0. The molecule has 0 bridgehead atoms. The molecule has 7 nitrogen and oxygen atoms in total. The summed E-state index contributed by atoms with van der Waals surface area (Å²) >= 11 is 1.27. The molecule has 0 unspecified atom stereocenters. The number of carbonyl (C=O) groups excluding carboxylic acids is 1. The topological polar surface area (TPSA) is 92.4 Å². The first-order chi connectivity index (χ1) is 12.6. The lowest BCUT2D eigenvalue weighted by atomic mass is 10.2. The third-order valence-corrected chi connectivity index (χ3v) is 4.55. The van der Waals surface area contributed by atoms with E-state index in [0.717, 1.165) is 11.4 Å². The molecule has 0 radical (unpaired) electrons. The highest BCUT2D eigenvalue weighted by molar-refractivity contribution is 7.99. The van der Waals surface area contributed by atoms with Crippen LogP contribution in [0.25, 0.3) is 11.4 Å². The van der Waals surface area contributed by atoms with E-state index in [2.05, 4.69) is 20.7 Å². The Balaban J connectivity index is 1.55. The molecule has 2 aromatic carbocycles. The Morgan fingerprint density at radius 1 is 1.19 bits per heavy atom. The van der Waals surface area contributed by atoms with Crippen molar-refractivity contribution in [3.05, 3.63) is 60.2 Å². The van der Waals surface area contributed by atoms with Crippen molar-refractivity contribution in [3.63, 3.8) is 0 Å². The van der Waals surface area contributed by atoms with Crippen molar-refractivity contribution < 1.29 is 9.90 Å². The standard InChI is InChI=1S/C18H17N5O2S/c1-23-17(13-7-3-2-4-8-13)21-22-18(23)26-12-16(25)20-19-11-14-9-5-6-10-15(14)24/h2-11,24H,12H2,1H3,(H,20,25)/b19-11+. The molecule has 0 spiro atoms. The summed E-state index contributed by atoms with van der Waals surface area (Å²) in [4.78, 5) is 11.9. The number of nitrogens with zero attached hydrogens (tertiary/aromatic N) is 4. The highest BCUT2D eigenvalue weighted by Crippen LogP contribution is 2.22. The molecule has 26 heavy (non-hydrogen) atoms. The van der Waals surface area contributed by atoms with Crippen LogP contribution in [0.15, 0.2) is 64.9 Å². The van der Waals surface area contributed by atoms with E-state index < -0.39 is 0 Å². The number of phenolic OH excluding ortho intramolecular Hbond substituents is 1. The van der Waals surface area contributed by atoms with Gasteiger partial charge in [0.25, 0.3) is 5.91 Å². The van der Waals surface area contributed by atoms with Crippen LogP contribution in [0.3, 0.4) is 0 Å². The summed E-state index contributed by atoms with van der Waals surface area (Å²) in [5.74, 6) is 0.725. The van der Waals surface area contributed by atoms with Crippen molar-refractivity contribution in [1.82, 2.24) is 20.2 Å². The number of phenols is 1. The number of nitrogens with one attached hydrogen (secondary N) is 1. The SMILES string of the molecule is Cn1c(SCC(=O)N/N=C/c2ccccc2O)nnc1-c1ccccc1. The number of benzene rings is 2. The van der Waals surface area contributed by atoms with Gasteiger partial charge in [0, 0.05) is 18.2 Å².